The molecule has 0 bridgehead atoms. The van der Waals surface area contributed by atoms with Crippen LogP contribution in [0, 0.1) is 22.7 Å². The van der Waals surface area contributed by atoms with E-state index in [1.165, 1.54) is 77.4 Å². The number of hydrogen-bond donors (Lipinski definition) is 0. The minimum absolute atomic E-state index is 0.603. The lowest BCUT2D eigenvalue weighted by Crippen LogP contribution is -2.29. The van der Waals surface area contributed by atoms with Gasteiger partial charge >= 0.3 is 0 Å². The molecule has 0 atom stereocenters. The summed E-state index contributed by atoms with van der Waals surface area (Å²) in [5, 5.41) is 24.2. The van der Waals surface area contributed by atoms with Crippen LogP contribution in [0.3, 0.4) is 0 Å². The molecule has 4 nitrogen and oxygen atoms in total. The lowest BCUT2D eigenvalue weighted by molar-refractivity contribution is 0.775. The first-order valence-corrected chi connectivity index (χ1v) is 19.0. The van der Waals surface area contributed by atoms with E-state index >= 15 is 0 Å². The largest absolute Gasteiger partial charge is 0.341 e. The highest BCUT2D eigenvalue weighted by Gasteiger charge is 2.48. The van der Waals surface area contributed by atoms with Crippen LogP contribution in [0.15, 0.2) is 158 Å². The molecule has 0 amide bonds. The van der Waals surface area contributed by atoms with Crippen molar-refractivity contribution in [3.8, 4) is 23.3 Å². The summed E-state index contributed by atoms with van der Waals surface area (Å²) in [6, 6.07) is 62.1. The standard InChI is InChI=1S/C51H34N4/c52-31-33-15-21-47-35(27-33)23-25-54(47)39-17-19-43-45(29-39)41-13-7-8-14-42(41)49-44-20-18-40(55-26-24-36-28-34(32-53)16-22-48(36)55)30-46(44)51(50(43)49,37-9-3-1-4-10-37)38-11-5-2-6-12-38/h1-22,27-30H,23-26H2. The molecular weight excluding hydrogens is 669 g/mol. The fourth-order valence-electron chi connectivity index (χ4n) is 10.0. The number of rotatable bonds is 4. The minimum Gasteiger partial charge on any atom is -0.341 e. The van der Waals surface area contributed by atoms with Crippen LogP contribution in [-0.4, -0.2) is 13.1 Å². The van der Waals surface area contributed by atoms with Crippen LogP contribution >= 0.6 is 0 Å². The SMILES string of the molecule is N#Cc1ccc2c(c1)CCN2c1ccc2c(c1)C(c1ccccc1)(c1ccccc1)c1c-2c2ccccc2c2cc(N3CCc4cc(C#N)ccc43)ccc12. The molecule has 55 heavy (non-hydrogen) atoms. The van der Waals surface area contributed by atoms with Gasteiger partial charge in [0.2, 0.25) is 0 Å². The Kier molecular flexibility index (Phi) is 6.81. The molecule has 4 heteroatoms. The topological polar surface area (TPSA) is 54.1 Å². The molecule has 0 fully saturated rings. The molecule has 0 saturated heterocycles. The van der Waals surface area contributed by atoms with Crippen molar-refractivity contribution >= 4 is 44.3 Å². The van der Waals surface area contributed by atoms with Gasteiger partial charge in [-0.15, -0.1) is 0 Å². The zero-order valence-electron chi connectivity index (χ0n) is 30.1. The molecule has 0 N–H and O–H groups in total. The van der Waals surface area contributed by atoms with Crippen molar-refractivity contribution in [3.63, 3.8) is 0 Å². The third kappa shape index (κ3) is 4.43. The fraction of sp³-hybridized carbons (Fsp3) is 0.0980. The molecule has 0 spiro atoms. The van der Waals surface area contributed by atoms with E-state index in [4.69, 9.17) is 0 Å². The van der Waals surface area contributed by atoms with E-state index in [1.54, 1.807) is 0 Å². The summed E-state index contributed by atoms with van der Waals surface area (Å²) >= 11 is 0. The molecule has 3 aliphatic rings. The van der Waals surface area contributed by atoms with Crippen LogP contribution in [0.1, 0.15) is 44.5 Å². The maximum absolute atomic E-state index is 9.62. The van der Waals surface area contributed by atoms with E-state index in [-0.39, 0.29) is 0 Å². The van der Waals surface area contributed by atoms with Crippen molar-refractivity contribution in [2.75, 3.05) is 22.9 Å². The van der Waals surface area contributed by atoms with Gasteiger partial charge in [-0.25, -0.2) is 0 Å². The predicted molar refractivity (Wildman–Crippen MR) is 222 cm³/mol. The fourth-order valence-corrected chi connectivity index (χ4v) is 10.0. The first kappa shape index (κ1) is 31.4. The molecule has 0 unspecified atom stereocenters. The second-order valence-electron chi connectivity index (χ2n) is 15.0. The smallest absolute Gasteiger partial charge is 0.0991 e. The van der Waals surface area contributed by atoms with Gasteiger partial charge in [-0.2, -0.15) is 10.5 Å². The Bertz CT molecular complexity index is 2930. The molecule has 1 aliphatic carbocycles. The Morgan fingerprint density at radius 2 is 1.02 bits per heavy atom. The first-order chi connectivity index (χ1) is 27.2. The van der Waals surface area contributed by atoms with Crippen LogP contribution in [0.2, 0.25) is 0 Å². The van der Waals surface area contributed by atoms with Gasteiger partial charge in [0.05, 0.1) is 28.7 Å². The highest BCUT2D eigenvalue weighted by Crippen LogP contribution is 2.61. The van der Waals surface area contributed by atoms with E-state index in [0.717, 1.165) is 37.3 Å². The van der Waals surface area contributed by atoms with Crippen molar-refractivity contribution in [3.05, 3.63) is 202 Å². The summed E-state index contributed by atoms with van der Waals surface area (Å²) in [7, 11) is 0. The van der Waals surface area contributed by atoms with Crippen LogP contribution < -0.4 is 9.80 Å². The van der Waals surface area contributed by atoms with Gasteiger partial charge in [-0.1, -0.05) is 97.1 Å². The Hall–Kier alpha value is -7.14. The number of anilines is 4. The molecule has 258 valence electrons. The molecule has 0 aromatic heterocycles. The highest BCUT2D eigenvalue weighted by molar-refractivity contribution is 6.20. The van der Waals surface area contributed by atoms with E-state index in [1.807, 2.05) is 24.3 Å². The van der Waals surface area contributed by atoms with Gasteiger partial charge in [-0.3, -0.25) is 0 Å². The maximum Gasteiger partial charge on any atom is 0.0991 e. The molecular formula is C51H34N4. The molecule has 8 aromatic rings. The van der Waals surface area contributed by atoms with Crippen LogP contribution in [-0.2, 0) is 18.3 Å². The van der Waals surface area contributed by atoms with Gasteiger partial charge in [0.25, 0.3) is 0 Å². The normalized spacial score (nSPS) is 14.7. The molecule has 2 heterocycles. The van der Waals surface area contributed by atoms with Crippen molar-refractivity contribution in [2.45, 2.75) is 18.3 Å². The summed E-state index contributed by atoms with van der Waals surface area (Å²) in [5.74, 6) is 0. The van der Waals surface area contributed by atoms with Crippen molar-refractivity contribution < 1.29 is 0 Å². The first-order valence-electron chi connectivity index (χ1n) is 19.0. The number of nitriles is 2. The zero-order valence-corrected chi connectivity index (χ0v) is 30.1. The Balaban J connectivity index is 1.21. The third-order valence-corrected chi connectivity index (χ3v) is 12.3. The summed E-state index contributed by atoms with van der Waals surface area (Å²) in [5.41, 5.74) is 15.6. The average Bonchev–Trinajstić information content (AvgIpc) is 3.96. The summed E-state index contributed by atoms with van der Waals surface area (Å²) in [6.07, 6.45) is 1.82. The molecule has 0 radical (unpaired) electrons. The van der Waals surface area contributed by atoms with Gasteiger partial charge in [-0.05, 0) is 140 Å². The van der Waals surface area contributed by atoms with E-state index in [2.05, 4.69) is 155 Å². The summed E-state index contributed by atoms with van der Waals surface area (Å²) in [6.45, 7) is 1.74. The molecule has 0 saturated carbocycles. The Morgan fingerprint density at radius 3 is 1.62 bits per heavy atom. The van der Waals surface area contributed by atoms with Crippen molar-refractivity contribution in [2.24, 2.45) is 0 Å². The van der Waals surface area contributed by atoms with Crippen molar-refractivity contribution in [1.82, 2.24) is 0 Å². The highest BCUT2D eigenvalue weighted by atomic mass is 15.2. The number of nitrogens with zero attached hydrogens (tertiary/aromatic N) is 4. The monoisotopic (exact) mass is 702 g/mol. The Morgan fingerprint density at radius 1 is 0.473 bits per heavy atom. The third-order valence-electron chi connectivity index (χ3n) is 12.3. The quantitative estimate of drug-likeness (QED) is 0.171. The lowest BCUT2D eigenvalue weighted by Gasteiger charge is -2.35. The van der Waals surface area contributed by atoms with Crippen LogP contribution in [0.5, 0.6) is 0 Å². The van der Waals surface area contributed by atoms with Gasteiger partial charge in [0, 0.05) is 35.8 Å². The lowest BCUT2D eigenvalue weighted by atomic mass is 9.66. The van der Waals surface area contributed by atoms with Crippen molar-refractivity contribution in [1.29, 1.82) is 10.5 Å². The molecule has 2 aliphatic heterocycles. The maximum atomic E-state index is 9.62. The van der Waals surface area contributed by atoms with E-state index in [9.17, 15) is 10.5 Å². The van der Waals surface area contributed by atoms with E-state index < -0.39 is 5.41 Å². The second-order valence-corrected chi connectivity index (χ2v) is 15.0. The number of benzene rings is 8. The summed E-state index contributed by atoms with van der Waals surface area (Å²) in [4.78, 5) is 4.84. The average molecular weight is 703 g/mol. The summed E-state index contributed by atoms with van der Waals surface area (Å²) < 4.78 is 0. The Labute approximate surface area is 320 Å². The zero-order chi connectivity index (χ0) is 36.7. The predicted octanol–water partition coefficient (Wildman–Crippen LogP) is 11.5. The van der Waals surface area contributed by atoms with Gasteiger partial charge in [0.1, 0.15) is 0 Å². The molecule has 8 aromatic carbocycles. The van der Waals surface area contributed by atoms with Crippen LogP contribution in [0.25, 0.3) is 32.7 Å². The van der Waals surface area contributed by atoms with Crippen LogP contribution in [0.4, 0.5) is 22.7 Å². The number of fused-ring (bicyclic) bond motifs is 10. The minimum atomic E-state index is -0.603. The number of hydrogen-bond acceptors (Lipinski definition) is 4. The van der Waals surface area contributed by atoms with Gasteiger partial charge < -0.3 is 9.80 Å². The van der Waals surface area contributed by atoms with Gasteiger partial charge in [0.15, 0.2) is 0 Å². The second kappa shape index (κ2) is 11.9. The molecule has 11 rings (SSSR count). The van der Waals surface area contributed by atoms with E-state index in [0.29, 0.717) is 11.1 Å².